The third-order valence-corrected chi connectivity index (χ3v) is 11.7. The summed E-state index contributed by atoms with van der Waals surface area (Å²) in [7, 11) is -3.88. The molecular weight excluding hydrogens is 755 g/mol. The molecule has 3 aromatic carbocycles. The number of imide groups is 1. The van der Waals surface area contributed by atoms with E-state index in [4.69, 9.17) is 15.1 Å². The summed E-state index contributed by atoms with van der Waals surface area (Å²) in [6.07, 6.45) is -0.608. The number of hydrogen-bond donors (Lipinski definition) is 7. The summed E-state index contributed by atoms with van der Waals surface area (Å²) in [6, 6.07) is 22.5. The maximum Gasteiger partial charge on any atom is 0.324 e. The van der Waals surface area contributed by atoms with Crippen molar-refractivity contribution in [3.05, 3.63) is 102 Å². The molecule has 8 rings (SSSR count). The average molecular weight is 796 g/mol. The van der Waals surface area contributed by atoms with E-state index in [0.717, 1.165) is 16.0 Å². The number of nitrogens with one attached hydrogen (secondary N) is 4. The third kappa shape index (κ3) is 7.69. The molecule has 4 heterocycles. The molecule has 3 aliphatic rings. The molecule has 5 atom stereocenters. The number of amides is 5. The number of rotatable bonds is 11. The predicted molar refractivity (Wildman–Crippen MR) is 209 cm³/mol. The number of aromatic nitrogens is 4. The molecular formula is C38H41N11O7S. The van der Waals surface area contributed by atoms with Crippen LogP contribution in [0.3, 0.4) is 0 Å². The molecule has 8 N–H and O–H groups in total. The van der Waals surface area contributed by atoms with Gasteiger partial charge in [0, 0.05) is 37.3 Å². The monoisotopic (exact) mass is 795 g/mol. The number of aliphatic hydroxyl groups excluding tert-OH is 2. The van der Waals surface area contributed by atoms with Crippen LogP contribution in [-0.4, -0.2) is 111 Å². The fraction of sp³-hybridized carbons (Fsp3) is 0.316. The van der Waals surface area contributed by atoms with Crippen LogP contribution in [0.25, 0.3) is 11.2 Å². The maximum atomic E-state index is 13.0. The van der Waals surface area contributed by atoms with Gasteiger partial charge >= 0.3 is 12.1 Å². The number of sulfonamides is 1. The second-order valence-electron chi connectivity index (χ2n) is 14.3. The van der Waals surface area contributed by atoms with Gasteiger partial charge in [-0.15, -0.1) is 0 Å². The molecule has 2 aliphatic heterocycles. The van der Waals surface area contributed by atoms with E-state index in [2.05, 4.69) is 50.5 Å². The second kappa shape index (κ2) is 15.4. The first kappa shape index (κ1) is 37.8. The number of urea groups is 2. The molecule has 2 saturated heterocycles. The molecule has 57 heavy (non-hydrogen) atoms. The molecule has 1 unspecified atom stereocenters. The molecule has 296 valence electrons. The van der Waals surface area contributed by atoms with Crippen LogP contribution in [0, 0.1) is 0 Å². The van der Waals surface area contributed by atoms with E-state index >= 15 is 0 Å². The van der Waals surface area contributed by atoms with Gasteiger partial charge in [0.15, 0.2) is 17.0 Å². The van der Waals surface area contributed by atoms with Crippen LogP contribution < -0.4 is 31.3 Å². The standard InChI is InChI=1S/C38H41N11O7S/c39-57(55,56)26-13-11-24(12-14-26)43-37(53)44-25-15-16-47(20-25)36-45-34(40-18-27(22-7-3-1-4-8-22)23-9-5-2-6-10-23)31-35(46-36)48(21-42-31)28-17-29(33(52)32(28)51)49-30(50)19-41-38(49)54/h1-14,21,25,27-29,32-33,51-52H,15-20H2,(H,41,54)(H2,39,55,56)(H,40,45,46)(H2,43,44,53)/t25?,28-,29+,32+,33-/m1/s1. The van der Waals surface area contributed by atoms with Crippen molar-refractivity contribution in [1.29, 1.82) is 0 Å². The average Bonchev–Trinajstić information content (AvgIpc) is 3.99. The molecule has 5 aromatic rings. The first-order valence-corrected chi connectivity index (χ1v) is 20.0. The van der Waals surface area contributed by atoms with Crippen LogP contribution in [0.2, 0.25) is 0 Å². The van der Waals surface area contributed by atoms with Gasteiger partial charge in [-0.3, -0.25) is 9.69 Å². The number of benzene rings is 3. The van der Waals surface area contributed by atoms with Crippen molar-refractivity contribution in [3.8, 4) is 0 Å². The lowest BCUT2D eigenvalue weighted by atomic mass is 9.91. The number of imidazole rings is 1. The van der Waals surface area contributed by atoms with Crippen molar-refractivity contribution >= 4 is 56.6 Å². The fourth-order valence-electron chi connectivity index (χ4n) is 7.84. The first-order valence-electron chi connectivity index (χ1n) is 18.4. The zero-order valence-electron chi connectivity index (χ0n) is 30.5. The molecule has 2 aromatic heterocycles. The van der Waals surface area contributed by atoms with E-state index in [1.54, 1.807) is 4.57 Å². The van der Waals surface area contributed by atoms with Crippen LogP contribution in [0.4, 0.5) is 27.0 Å². The molecule has 0 radical (unpaired) electrons. The summed E-state index contributed by atoms with van der Waals surface area (Å²) in [5.74, 6) is 0.223. The SMILES string of the molecule is NS(=O)(=O)c1ccc(NC(=O)NC2CCN(c3nc(NCC(c4ccccc4)c4ccccc4)c4ncn([C@@H]5C[C@H](N6C(=O)CNC6=O)[C@@H](O)[C@H]5O)c4n3)C2)cc1. The van der Waals surface area contributed by atoms with Gasteiger partial charge in [-0.25, -0.2) is 28.1 Å². The van der Waals surface area contributed by atoms with Crippen LogP contribution >= 0.6 is 0 Å². The normalized spacial score (nSPS) is 22.4. The Morgan fingerprint density at radius 1 is 0.930 bits per heavy atom. The minimum Gasteiger partial charge on any atom is -0.388 e. The minimum atomic E-state index is -3.88. The summed E-state index contributed by atoms with van der Waals surface area (Å²) in [5, 5.41) is 39.3. The molecule has 0 spiro atoms. The zero-order chi connectivity index (χ0) is 39.8. The van der Waals surface area contributed by atoms with Crippen molar-refractivity contribution in [1.82, 2.24) is 35.1 Å². The van der Waals surface area contributed by atoms with Crippen molar-refractivity contribution < 1.29 is 33.0 Å². The van der Waals surface area contributed by atoms with E-state index in [1.807, 2.05) is 41.3 Å². The molecule has 5 amide bonds. The van der Waals surface area contributed by atoms with Gasteiger partial charge in [-0.05, 0) is 48.2 Å². The second-order valence-corrected chi connectivity index (χ2v) is 15.9. The summed E-state index contributed by atoms with van der Waals surface area (Å²) >= 11 is 0. The third-order valence-electron chi connectivity index (χ3n) is 10.7. The molecule has 3 fully saturated rings. The predicted octanol–water partition coefficient (Wildman–Crippen LogP) is 1.71. The summed E-state index contributed by atoms with van der Waals surface area (Å²) < 4.78 is 24.9. The quantitative estimate of drug-likeness (QED) is 0.0945. The number of anilines is 3. The smallest absolute Gasteiger partial charge is 0.324 e. The number of nitrogens with two attached hydrogens (primary N) is 1. The Bertz CT molecular complexity index is 2350. The van der Waals surface area contributed by atoms with Crippen LogP contribution in [0.15, 0.2) is 96.2 Å². The van der Waals surface area contributed by atoms with Crippen LogP contribution in [0.5, 0.6) is 0 Å². The Kier molecular flexibility index (Phi) is 10.2. The Morgan fingerprint density at radius 3 is 2.23 bits per heavy atom. The van der Waals surface area contributed by atoms with Gasteiger partial charge in [0.05, 0.1) is 29.9 Å². The fourth-order valence-corrected chi connectivity index (χ4v) is 8.35. The van der Waals surface area contributed by atoms with Crippen LogP contribution in [0.1, 0.15) is 35.9 Å². The van der Waals surface area contributed by atoms with Crippen molar-refractivity contribution in [2.75, 3.05) is 41.7 Å². The maximum absolute atomic E-state index is 13.0. The minimum absolute atomic E-state index is 0.0607. The van der Waals surface area contributed by atoms with Crippen molar-refractivity contribution in [2.24, 2.45) is 5.14 Å². The summed E-state index contributed by atoms with van der Waals surface area (Å²) in [4.78, 5) is 55.4. The highest BCUT2D eigenvalue weighted by atomic mass is 32.2. The van der Waals surface area contributed by atoms with Gasteiger partial charge in [-0.1, -0.05) is 60.7 Å². The number of primary sulfonamides is 1. The first-order chi connectivity index (χ1) is 27.4. The Morgan fingerprint density at radius 2 is 1.60 bits per heavy atom. The highest BCUT2D eigenvalue weighted by Crippen LogP contribution is 2.38. The summed E-state index contributed by atoms with van der Waals surface area (Å²) in [5.41, 5.74) is 3.35. The van der Waals surface area contributed by atoms with Gasteiger partial charge in [0.25, 0.3) is 0 Å². The van der Waals surface area contributed by atoms with Crippen molar-refractivity contribution in [2.45, 2.75) is 54.0 Å². The zero-order valence-corrected chi connectivity index (χ0v) is 31.3. The van der Waals surface area contributed by atoms with Crippen molar-refractivity contribution in [3.63, 3.8) is 0 Å². The highest BCUT2D eigenvalue weighted by molar-refractivity contribution is 7.89. The van der Waals surface area contributed by atoms with E-state index in [1.165, 1.54) is 30.6 Å². The van der Waals surface area contributed by atoms with E-state index in [9.17, 15) is 33.0 Å². The molecule has 18 nitrogen and oxygen atoms in total. The number of carbonyl (C=O) groups is 3. The summed E-state index contributed by atoms with van der Waals surface area (Å²) in [6.45, 7) is 1.10. The Balaban J connectivity index is 1.07. The van der Waals surface area contributed by atoms with E-state index in [0.29, 0.717) is 54.7 Å². The molecule has 1 saturated carbocycles. The lowest BCUT2D eigenvalue weighted by molar-refractivity contribution is -0.128. The van der Waals surface area contributed by atoms with Gasteiger partial charge in [-0.2, -0.15) is 9.97 Å². The molecule has 19 heteroatoms. The number of nitrogens with zero attached hydrogens (tertiary/aromatic N) is 6. The lowest BCUT2D eigenvalue weighted by Crippen LogP contribution is -2.46. The number of carbonyl (C=O) groups excluding carboxylic acids is 3. The van der Waals surface area contributed by atoms with Gasteiger partial charge < -0.3 is 40.9 Å². The lowest BCUT2D eigenvalue weighted by Gasteiger charge is -2.23. The van der Waals surface area contributed by atoms with E-state index in [-0.39, 0.29) is 29.8 Å². The molecule has 0 bridgehead atoms. The number of aliphatic hydroxyl groups is 2. The van der Waals surface area contributed by atoms with Crippen LogP contribution in [-0.2, 0) is 14.8 Å². The highest BCUT2D eigenvalue weighted by Gasteiger charge is 2.50. The number of fused-ring (bicyclic) bond motifs is 1. The number of hydrogen-bond acceptors (Lipinski definition) is 12. The van der Waals surface area contributed by atoms with E-state index < -0.39 is 52.3 Å². The van der Waals surface area contributed by atoms with Gasteiger partial charge in [0.2, 0.25) is 21.9 Å². The Hall–Kier alpha value is -6.15. The Labute approximate surface area is 327 Å². The van der Waals surface area contributed by atoms with Gasteiger partial charge in [0.1, 0.15) is 12.2 Å². The molecule has 1 aliphatic carbocycles. The topological polar surface area (TPSA) is 250 Å². The largest absolute Gasteiger partial charge is 0.388 e.